The van der Waals surface area contributed by atoms with Crippen molar-refractivity contribution in [2.75, 3.05) is 33.9 Å². The SMILES string of the molecule is C=CN(CCOCC(=O)N(C)Cc1ccc(C(=O)O)cc1)C(=O)C(=O)c1c(C)cc(OC)cc1C. The second kappa shape index (κ2) is 12.5. The highest BCUT2D eigenvalue weighted by Crippen LogP contribution is 2.22. The first-order valence-corrected chi connectivity index (χ1v) is 10.9. The first kappa shape index (κ1) is 27.3. The Balaban J connectivity index is 1.87. The number of amides is 2. The predicted octanol–water partition coefficient (Wildman–Crippen LogP) is 2.84. The van der Waals surface area contributed by atoms with Crippen LogP contribution in [0.3, 0.4) is 0 Å². The van der Waals surface area contributed by atoms with Crippen LogP contribution in [-0.4, -0.2) is 72.4 Å². The molecule has 2 rings (SSSR count). The highest BCUT2D eigenvalue weighted by Gasteiger charge is 2.25. The molecule has 0 aliphatic carbocycles. The van der Waals surface area contributed by atoms with E-state index in [4.69, 9.17) is 14.6 Å². The summed E-state index contributed by atoms with van der Waals surface area (Å²) < 4.78 is 10.6. The van der Waals surface area contributed by atoms with Gasteiger partial charge in [-0.1, -0.05) is 18.7 Å². The quantitative estimate of drug-likeness (QED) is 0.281. The molecule has 35 heavy (non-hydrogen) atoms. The van der Waals surface area contributed by atoms with Gasteiger partial charge in [0.1, 0.15) is 12.4 Å². The van der Waals surface area contributed by atoms with E-state index in [0.717, 1.165) is 10.5 Å². The van der Waals surface area contributed by atoms with Crippen LogP contribution in [0.5, 0.6) is 5.75 Å². The second-order valence-electron chi connectivity index (χ2n) is 7.95. The largest absolute Gasteiger partial charge is 0.497 e. The standard InChI is InChI=1S/C26H30N2O7/c1-6-28(25(31)24(30)23-17(2)13-21(34-5)14-18(23)3)11-12-35-16-22(29)27(4)15-19-7-9-20(10-8-19)26(32)33/h6-10,13-14H,1,11-12,15-16H2,2-5H3,(H,32,33). The van der Waals surface area contributed by atoms with E-state index >= 15 is 0 Å². The van der Waals surface area contributed by atoms with Crippen molar-refractivity contribution in [3.8, 4) is 5.75 Å². The van der Waals surface area contributed by atoms with E-state index < -0.39 is 17.7 Å². The van der Waals surface area contributed by atoms with Crippen LogP contribution in [0.25, 0.3) is 0 Å². The van der Waals surface area contributed by atoms with Gasteiger partial charge in [0.05, 0.1) is 19.3 Å². The van der Waals surface area contributed by atoms with Gasteiger partial charge in [0.25, 0.3) is 11.7 Å². The molecule has 186 valence electrons. The zero-order valence-electron chi connectivity index (χ0n) is 20.4. The van der Waals surface area contributed by atoms with E-state index in [1.165, 1.54) is 30.3 Å². The van der Waals surface area contributed by atoms with E-state index in [9.17, 15) is 19.2 Å². The van der Waals surface area contributed by atoms with Crippen LogP contribution in [0.4, 0.5) is 0 Å². The van der Waals surface area contributed by atoms with Crippen molar-refractivity contribution in [2.45, 2.75) is 20.4 Å². The molecule has 0 bridgehead atoms. The fourth-order valence-corrected chi connectivity index (χ4v) is 3.46. The number of rotatable bonds is 12. The molecule has 9 heteroatoms. The summed E-state index contributed by atoms with van der Waals surface area (Å²) in [5, 5.41) is 8.95. The summed E-state index contributed by atoms with van der Waals surface area (Å²) in [7, 11) is 3.13. The van der Waals surface area contributed by atoms with Crippen molar-refractivity contribution in [1.82, 2.24) is 9.80 Å². The van der Waals surface area contributed by atoms with Gasteiger partial charge >= 0.3 is 5.97 Å². The molecule has 1 N–H and O–H groups in total. The minimum Gasteiger partial charge on any atom is -0.497 e. The summed E-state index contributed by atoms with van der Waals surface area (Å²) in [4.78, 5) is 51.4. The fraction of sp³-hybridized carbons (Fsp3) is 0.308. The van der Waals surface area contributed by atoms with Crippen molar-refractivity contribution in [3.63, 3.8) is 0 Å². The number of hydrogen-bond donors (Lipinski definition) is 1. The Morgan fingerprint density at radius 1 is 1.06 bits per heavy atom. The Morgan fingerprint density at radius 2 is 1.66 bits per heavy atom. The maximum absolute atomic E-state index is 12.8. The Hall–Kier alpha value is -3.98. The zero-order chi connectivity index (χ0) is 26.1. The number of ketones is 1. The van der Waals surface area contributed by atoms with Crippen LogP contribution in [0.2, 0.25) is 0 Å². The number of carbonyl (C=O) groups excluding carboxylic acids is 3. The summed E-state index contributed by atoms with van der Waals surface area (Å²) in [6, 6.07) is 9.62. The zero-order valence-corrected chi connectivity index (χ0v) is 20.4. The average molecular weight is 483 g/mol. The lowest BCUT2D eigenvalue weighted by molar-refractivity contribution is -0.135. The summed E-state index contributed by atoms with van der Waals surface area (Å²) in [5.41, 5.74) is 2.52. The molecule has 9 nitrogen and oxygen atoms in total. The number of Topliss-reactive ketones (excluding diaryl/α,β-unsaturated/α-hetero) is 1. The molecule has 0 aliphatic rings. The minimum atomic E-state index is -1.02. The molecule has 2 aromatic carbocycles. The van der Waals surface area contributed by atoms with Crippen molar-refractivity contribution in [3.05, 3.63) is 77.0 Å². The molecule has 0 saturated heterocycles. The molecular formula is C26H30N2O7. The molecule has 0 unspecified atom stereocenters. The average Bonchev–Trinajstić information content (AvgIpc) is 2.83. The molecule has 2 aromatic rings. The third-order valence-electron chi connectivity index (χ3n) is 5.39. The normalized spacial score (nSPS) is 10.4. The smallest absolute Gasteiger partial charge is 0.335 e. The number of benzene rings is 2. The van der Waals surface area contributed by atoms with Crippen LogP contribution in [-0.2, 0) is 20.9 Å². The first-order chi connectivity index (χ1) is 16.6. The Kier molecular flexibility index (Phi) is 9.72. The molecule has 0 saturated carbocycles. The van der Waals surface area contributed by atoms with Gasteiger partial charge in [-0.2, -0.15) is 0 Å². The molecular weight excluding hydrogens is 452 g/mol. The number of carbonyl (C=O) groups is 4. The molecule has 0 radical (unpaired) electrons. The van der Waals surface area contributed by atoms with Gasteiger partial charge in [0.2, 0.25) is 5.91 Å². The monoisotopic (exact) mass is 482 g/mol. The van der Waals surface area contributed by atoms with Gasteiger partial charge in [0.15, 0.2) is 0 Å². The lowest BCUT2D eigenvalue weighted by atomic mass is 9.98. The van der Waals surface area contributed by atoms with Gasteiger partial charge in [0, 0.05) is 31.9 Å². The molecule has 0 heterocycles. The number of nitrogens with zero attached hydrogens (tertiary/aromatic N) is 2. The summed E-state index contributed by atoms with van der Waals surface area (Å²) in [5.74, 6) is -2.10. The molecule has 0 atom stereocenters. The van der Waals surface area contributed by atoms with Gasteiger partial charge < -0.3 is 24.4 Å². The van der Waals surface area contributed by atoms with Crippen molar-refractivity contribution in [2.24, 2.45) is 0 Å². The predicted molar refractivity (Wildman–Crippen MR) is 129 cm³/mol. The fourth-order valence-electron chi connectivity index (χ4n) is 3.46. The number of aryl methyl sites for hydroxylation is 2. The molecule has 0 spiro atoms. The summed E-state index contributed by atoms with van der Waals surface area (Å²) >= 11 is 0. The number of hydrogen-bond acceptors (Lipinski definition) is 6. The Bertz CT molecular complexity index is 1090. The minimum absolute atomic E-state index is 0.0263. The number of carboxylic acid groups (broad SMARTS) is 1. The van der Waals surface area contributed by atoms with Gasteiger partial charge in [-0.05, 0) is 54.8 Å². The Morgan fingerprint density at radius 3 is 2.17 bits per heavy atom. The lowest BCUT2D eigenvalue weighted by Gasteiger charge is -2.20. The third kappa shape index (κ3) is 7.25. The van der Waals surface area contributed by atoms with Gasteiger partial charge in [-0.3, -0.25) is 14.4 Å². The highest BCUT2D eigenvalue weighted by molar-refractivity contribution is 6.43. The van der Waals surface area contributed by atoms with E-state index in [2.05, 4.69) is 6.58 Å². The van der Waals surface area contributed by atoms with Crippen molar-refractivity contribution in [1.29, 1.82) is 0 Å². The van der Waals surface area contributed by atoms with Crippen LogP contribution in [0.1, 0.15) is 37.4 Å². The van der Waals surface area contributed by atoms with Gasteiger partial charge in [-0.15, -0.1) is 0 Å². The molecule has 0 fully saturated rings. The van der Waals surface area contributed by atoms with Crippen molar-refractivity contribution >= 4 is 23.6 Å². The first-order valence-electron chi connectivity index (χ1n) is 10.9. The molecule has 2 amide bonds. The van der Waals surface area contributed by atoms with Crippen LogP contribution in [0.15, 0.2) is 49.2 Å². The van der Waals surface area contributed by atoms with Crippen LogP contribution in [0, 0.1) is 13.8 Å². The van der Waals surface area contributed by atoms with Crippen LogP contribution < -0.4 is 4.74 Å². The number of likely N-dealkylation sites (N-methyl/N-ethyl adjacent to an activating group) is 1. The lowest BCUT2D eigenvalue weighted by Crippen LogP contribution is -2.36. The highest BCUT2D eigenvalue weighted by atomic mass is 16.5. The summed E-state index contributed by atoms with van der Waals surface area (Å²) in [6.07, 6.45) is 1.26. The summed E-state index contributed by atoms with van der Waals surface area (Å²) in [6.45, 7) is 7.22. The third-order valence-corrected chi connectivity index (χ3v) is 5.39. The number of ether oxygens (including phenoxy) is 2. The molecule has 0 aromatic heterocycles. The number of aromatic carboxylic acids is 1. The topological polar surface area (TPSA) is 113 Å². The van der Waals surface area contributed by atoms with E-state index in [1.807, 2.05) is 0 Å². The van der Waals surface area contributed by atoms with E-state index in [1.54, 1.807) is 45.2 Å². The maximum Gasteiger partial charge on any atom is 0.335 e. The van der Waals surface area contributed by atoms with Crippen molar-refractivity contribution < 1.29 is 33.8 Å². The van der Waals surface area contributed by atoms with E-state index in [-0.39, 0.29) is 37.8 Å². The molecule has 0 aliphatic heterocycles. The Labute approximate surface area is 204 Å². The van der Waals surface area contributed by atoms with E-state index in [0.29, 0.717) is 22.4 Å². The number of methoxy groups -OCH3 is 1. The maximum atomic E-state index is 12.8. The van der Waals surface area contributed by atoms with Gasteiger partial charge in [-0.25, -0.2) is 4.79 Å². The second-order valence-corrected chi connectivity index (χ2v) is 7.95. The number of carboxylic acids is 1. The van der Waals surface area contributed by atoms with Crippen LogP contribution >= 0.6 is 0 Å².